The lowest BCUT2D eigenvalue weighted by Crippen LogP contribution is -2.38. The summed E-state index contributed by atoms with van der Waals surface area (Å²) in [6.45, 7) is 5.72. The first kappa shape index (κ1) is 21.2. The Morgan fingerprint density at radius 2 is 2.07 bits per heavy atom. The Morgan fingerprint density at radius 1 is 1.39 bits per heavy atom. The quantitative estimate of drug-likeness (QED) is 0.665. The van der Waals surface area contributed by atoms with Crippen molar-refractivity contribution in [1.82, 2.24) is 10.3 Å². The van der Waals surface area contributed by atoms with Crippen LogP contribution >= 0.6 is 11.3 Å². The van der Waals surface area contributed by atoms with Crippen molar-refractivity contribution in [2.75, 3.05) is 19.0 Å². The summed E-state index contributed by atoms with van der Waals surface area (Å²) >= 11 is 1.39. The largest absolute Gasteiger partial charge is 0.496 e. The van der Waals surface area contributed by atoms with E-state index in [-0.39, 0.29) is 19.0 Å². The van der Waals surface area contributed by atoms with Crippen molar-refractivity contribution in [2.45, 2.75) is 26.8 Å². The van der Waals surface area contributed by atoms with Crippen LogP contribution in [0, 0.1) is 20.8 Å². The first-order valence-electron chi connectivity index (χ1n) is 8.25. The fourth-order valence-electron chi connectivity index (χ4n) is 2.68. The van der Waals surface area contributed by atoms with Crippen LogP contribution in [0.5, 0.6) is 5.75 Å². The second-order valence-corrected chi connectivity index (χ2v) is 7.15. The Bertz CT molecular complexity index is 896. The van der Waals surface area contributed by atoms with Crippen molar-refractivity contribution in [2.24, 2.45) is 0 Å². The smallest absolute Gasteiger partial charge is 0.407 e. The maximum Gasteiger partial charge on any atom is 0.407 e. The van der Waals surface area contributed by atoms with Gasteiger partial charge in [0, 0.05) is 10.4 Å². The van der Waals surface area contributed by atoms with Crippen LogP contribution in [0.2, 0.25) is 0 Å². The highest BCUT2D eigenvalue weighted by atomic mass is 32.1. The number of benzene rings is 1. The van der Waals surface area contributed by atoms with Crippen LogP contribution in [0.15, 0.2) is 12.1 Å². The Morgan fingerprint density at radius 3 is 2.64 bits per heavy atom. The number of amides is 2. The molecular weight excluding hydrogens is 386 g/mol. The fraction of sp³-hybridized carbons (Fsp3) is 0.333. The van der Waals surface area contributed by atoms with Crippen molar-refractivity contribution in [3.05, 3.63) is 28.1 Å². The average Bonchev–Trinajstić information content (AvgIpc) is 3.23. The van der Waals surface area contributed by atoms with Gasteiger partial charge in [-0.05, 0) is 44.0 Å². The van der Waals surface area contributed by atoms with Crippen LogP contribution in [0.25, 0.3) is 11.3 Å². The zero-order chi connectivity index (χ0) is 20.8. The number of nitrogens with zero attached hydrogens (tertiary/aromatic N) is 1. The van der Waals surface area contributed by atoms with Crippen LogP contribution in [0.1, 0.15) is 16.0 Å². The van der Waals surface area contributed by atoms with Crippen LogP contribution in [-0.2, 0) is 14.3 Å². The van der Waals surface area contributed by atoms with Crippen molar-refractivity contribution >= 4 is 34.9 Å². The van der Waals surface area contributed by atoms with Gasteiger partial charge in [0.15, 0.2) is 5.13 Å². The molecule has 1 fully saturated rings. The maximum atomic E-state index is 12.2. The first-order valence-corrected chi connectivity index (χ1v) is 9.07. The van der Waals surface area contributed by atoms with E-state index >= 15 is 0 Å². The molecule has 1 atom stereocenters. The van der Waals surface area contributed by atoms with E-state index in [4.69, 9.17) is 19.4 Å². The molecule has 28 heavy (non-hydrogen) atoms. The number of alkyl carbamates (subject to hydrolysis) is 1. The number of hydrogen-bond acceptors (Lipinski definition) is 7. The molecular formula is C18H21N3O6S. The standard InChI is InChI=1S/C17H19N3O4S.CH2O2/c1-8-6-13(23-4)9(2)5-11(8)14-10(3)25-16(19-14)20-15(21)12-7-24-17(22)18-12;2-1-3/h5-6,12H,7H2,1-4H3,(H,18,22)(H,19,20,21);1H,(H,2,3)/t12-;/m0./s1. The summed E-state index contributed by atoms with van der Waals surface area (Å²) < 4.78 is 10.1. The van der Waals surface area contributed by atoms with Crippen molar-refractivity contribution in [3.63, 3.8) is 0 Å². The Kier molecular flexibility index (Phi) is 6.94. The lowest BCUT2D eigenvalue weighted by molar-refractivity contribution is -0.123. The topological polar surface area (TPSA) is 127 Å². The van der Waals surface area contributed by atoms with Crippen molar-refractivity contribution < 1.29 is 29.0 Å². The number of aromatic nitrogens is 1. The Balaban J connectivity index is 0.000000878. The number of thiazole rings is 1. The molecule has 2 heterocycles. The van der Waals surface area contributed by atoms with Crippen LogP contribution in [0.4, 0.5) is 9.93 Å². The van der Waals surface area contributed by atoms with E-state index < -0.39 is 12.1 Å². The molecule has 3 N–H and O–H groups in total. The molecule has 3 rings (SSSR count). The van der Waals surface area contributed by atoms with E-state index in [0.29, 0.717) is 5.13 Å². The predicted octanol–water partition coefficient (Wildman–Crippen LogP) is 2.49. The molecule has 0 bridgehead atoms. The second-order valence-electron chi connectivity index (χ2n) is 5.95. The molecule has 0 radical (unpaired) electrons. The molecule has 1 aliphatic rings. The van der Waals surface area contributed by atoms with E-state index in [9.17, 15) is 9.59 Å². The number of anilines is 1. The Labute approximate surface area is 165 Å². The number of nitrogens with one attached hydrogen (secondary N) is 2. The zero-order valence-corrected chi connectivity index (χ0v) is 16.7. The van der Waals surface area contributed by atoms with E-state index in [1.165, 1.54) is 11.3 Å². The zero-order valence-electron chi connectivity index (χ0n) is 15.9. The number of carbonyl (C=O) groups excluding carboxylic acids is 2. The molecule has 0 saturated carbocycles. The predicted molar refractivity (Wildman–Crippen MR) is 104 cm³/mol. The van der Waals surface area contributed by atoms with Gasteiger partial charge in [-0.3, -0.25) is 9.59 Å². The fourth-order valence-corrected chi connectivity index (χ4v) is 3.51. The van der Waals surface area contributed by atoms with E-state index in [1.807, 2.05) is 32.9 Å². The summed E-state index contributed by atoms with van der Waals surface area (Å²) in [5, 5.41) is 12.6. The monoisotopic (exact) mass is 407 g/mol. The summed E-state index contributed by atoms with van der Waals surface area (Å²) in [6.07, 6.45) is -0.583. The van der Waals surface area contributed by atoms with Gasteiger partial charge in [-0.15, -0.1) is 11.3 Å². The number of hydrogen-bond donors (Lipinski definition) is 3. The van der Waals surface area contributed by atoms with Crippen molar-refractivity contribution in [3.8, 4) is 17.0 Å². The third-order valence-corrected chi connectivity index (χ3v) is 4.90. The van der Waals surface area contributed by atoms with Gasteiger partial charge in [-0.1, -0.05) is 0 Å². The van der Waals surface area contributed by atoms with Gasteiger partial charge in [-0.2, -0.15) is 0 Å². The van der Waals surface area contributed by atoms with Gasteiger partial charge in [-0.25, -0.2) is 9.78 Å². The Hall–Kier alpha value is -3.14. The number of carbonyl (C=O) groups is 3. The van der Waals surface area contributed by atoms with E-state index in [1.54, 1.807) is 7.11 Å². The van der Waals surface area contributed by atoms with Crippen molar-refractivity contribution in [1.29, 1.82) is 0 Å². The molecule has 10 heteroatoms. The number of ether oxygens (including phenoxy) is 2. The highest BCUT2D eigenvalue weighted by Gasteiger charge is 2.29. The number of aryl methyl sites for hydroxylation is 3. The van der Waals surface area contributed by atoms with Gasteiger partial charge >= 0.3 is 6.09 Å². The minimum Gasteiger partial charge on any atom is -0.496 e. The third-order valence-electron chi connectivity index (χ3n) is 4.01. The van der Waals surface area contributed by atoms with Gasteiger partial charge in [0.05, 0.1) is 12.8 Å². The molecule has 150 valence electrons. The molecule has 0 aliphatic carbocycles. The van der Waals surface area contributed by atoms with Gasteiger partial charge < -0.3 is 25.2 Å². The van der Waals surface area contributed by atoms with Crippen LogP contribution in [-0.4, -0.2) is 48.3 Å². The summed E-state index contributed by atoms with van der Waals surface area (Å²) in [5.41, 5.74) is 3.90. The number of carboxylic acid groups (broad SMARTS) is 1. The molecule has 1 aliphatic heterocycles. The first-order chi connectivity index (χ1) is 13.3. The molecule has 1 aromatic heterocycles. The molecule has 0 spiro atoms. The summed E-state index contributed by atoms with van der Waals surface area (Å²) in [7, 11) is 1.65. The molecule has 2 aromatic rings. The molecule has 1 aromatic carbocycles. The minimum absolute atomic E-state index is 0.0265. The summed E-state index contributed by atoms with van der Waals surface area (Å²) in [5.74, 6) is 0.494. The minimum atomic E-state index is -0.690. The van der Waals surface area contributed by atoms with E-state index in [2.05, 4.69) is 15.6 Å². The third kappa shape index (κ3) is 4.77. The number of methoxy groups -OCH3 is 1. The lowest BCUT2D eigenvalue weighted by atomic mass is 10.0. The lowest BCUT2D eigenvalue weighted by Gasteiger charge is -2.10. The SMILES string of the molecule is COc1cc(C)c(-c2nc(NC(=O)[C@@H]3COC(=O)N3)sc2C)cc1C.O=CO. The average molecular weight is 407 g/mol. The molecule has 0 unspecified atom stereocenters. The van der Waals surface area contributed by atoms with Gasteiger partial charge in [0.25, 0.3) is 12.4 Å². The second kappa shape index (κ2) is 9.18. The van der Waals surface area contributed by atoms with Crippen LogP contribution in [0.3, 0.4) is 0 Å². The number of cyclic esters (lactones) is 1. The van der Waals surface area contributed by atoms with E-state index in [0.717, 1.165) is 33.0 Å². The van der Waals surface area contributed by atoms with Gasteiger partial charge in [0.2, 0.25) is 0 Å². The highest BCUT2D eigenvalue weighted by molar-refractivity contribution is 7.16. The molecule has 9 nitrogen and oxygen atoms in total. The molecule has 2 amide bonds. The maximum absolute atomic E-state index is 12.2. The number of rotatable bonds is 4. The molecule has 1 saturated heterocycles. The summed E-state index contributed by atoms with van der Waals surface area (Å²) in [6, 6.07) is 3.32. The summed E-state index contributed by atoms with van der Waals surface area (Å²) in [4.78, 5) is 37.1. The normalized spacial score (nSPS) is 15.0. The van der Waals surface area contributed by atoms with Crippen LogP contribution < -0.4 is 15.4 Å². The van der Waals surface area contributed by atoms with Gasteiger partial charge in [0.1, 0.15) is 18.4 Å². The highest BCUT2D eigenvalue weighted by Crippen LogP contribution is 2.35.